The lowest BCUT2D eigenvalue weighted by atomic mass is 10.00. The number of anilines is 2. The van der Waals surface area contributed by atoms with Gasteiger partial charge in [-0.25, -0.2) is 27.2 Å². The smallest absolute Gasteiger partial charge is 0.266 e. The van der Waals surface area contributed by atoms with E-state index in [4.69, 9.17) is 4.52 Å². The maximum Gasteiger partial charge on any atom is 0.266 e. The molecule has 1 fully saturated rings. The van der Waals surface area contributed by atoms with Crippen molar-refractivity contribution in [1.82, 2.24) is 20.1 Å². The van der Waals surface area contributed by atoms with Crippen LogP contribution in [0.4, 0.5) is 20.5 Å². The lowest BCUT2D eigenvalue weighted by Crippen LogP contribution is -2.47. The number of hydrogen-bond donors (Lipinski definition) is 0. The van der Waals surface area contributed by atoms with Gasteiger partial charge in [0.25, 0.3) is 5.95 Å². The molecule has 0 spiro atoms. The lowest BCUT2D eigenvalue weighted by Gasteiger charge is -2.35. The van der Waals surface area contributed by atoms with Crippen molar-refractivity contribution >= 4 is 32.5 Å². The molecule has 3 heterocycles. The molecule has 1 aliphatic heterocycles. The third kappa shape index (κ3) is 5.24. The highest BCUT2D eigenvalue weighted by molar-refractivity contribution is 7.89. The van der Waals surface area contributed by atoms with Gasteiger partial charge in [0.05, 0.1) is 11.3 Å². The molecule has 1 aliphatic rings. The first-order valence-corrected chi connectivity index (χ1v) is 13.9. The van der Waals surface area contributed by atoms with Gasteiger partial charge in [-0.2, -0.15) is 4.98 Å². The Morgan fingerprint density at radius 3 is 2.41 bits per heavy atom. The Bertz CT molecular complexity index is 1570. The van der Waals surface area contributed by atoms with E-state index in [-0.39, 0.29) is 11.5 Å². The molecular formula is C25H26F2N6O3S. The Hall–Kier alpha value is -3.67. The Labute approximate surface area is 213 Å². The van der Waals surface area contributed by atoms with Gasteiger partial charge < -0.3 is 14.3 Å². The summed E-state index contributed by atoms with van der Waals surface area (Å²) in [5.41, 5.74) is 1.33. The molecule has 0 unspecified atom stereocenters. The highest BCUT2D eigenvalue weighted by Crippen LogP contribution is 2.34. The molecule has 2 aromatic heterocycles. The molecule has 0 radical (unpaired) electrons. The number of rotatable bonds is 6. The highest BCUT2D eigenvalue weighted by Gasteiger charge is 2.25. The molecule has 2 aromatic carbocycles. The summed E-state index contributed by atoms with van der Waals surface area (Å²) in [4.78, 5) is 17.4. The van der Waals surface area contributed by atoms with Gasteiger partial charge in [-0.05, 0) is 28.9 Å². The van der Waals surface area contributed by atoms with Crippen molar-refractivity contribution in [3.63, 3.8) is 0 Å². The van der Waals surface area contributed by atoms with Crippen molar-refractivity contribution < 1.29 is 21.7 Å². The second-order valence-corrected chi connectivity index (χ2v) is 11.6. The van der Waals surface area contributed by atoms with Gasteiger partial charge in [-0.1, -0.05) is 26.0 Å². The van der Waals surface area contributed by atoms with Crippen molar-refractivity contribution in [2.75, 3.05) is 42.2 Å². The first-order valence-electron chi connectivity index (χ1n) is 11.8. The average molecular weight is 529 g/mol. The monoisotopic (exact) mass is 528 g/mol. The van der Waals surface area contributed by atoms with Gasteiger partial charge in [0.2, 0.25) is 5.89 Å². The van der Waals surface area contributed by atoms with E-state index in [1.165, 1.54) is 30.6 Å². The van der Waals surface area contributed by atoms with Crippen molar-refractivity contribution in [1.29, 1.82) is 0 Å². The molecule has 1 saturated heterocycles. The Morgan fingerprint density at radius 1 is 1.03 bits per heavy atom. The molecule has 0 atom stereocenters. The molecule has 9 nitrogen and oxygen atoms in total. The molecule has 194 valence electrons. The summed E-state index contributed by atoms with van der Waals surface area (Å²) in [5, 5.41) is 4.59. The zero-order valence-corrected chi connectivity index (χ0v) is 21.5. The van der Waals surface area contributed by atoms with Gasteiger partial charge in [0.15, 0.2) is 9.84 Å². The van der Waals surface area contributed by atoms with Crippen molar-refractivity contribution in [3.05, 3.63) is 59.7 Å². The van der Waals surface area contributed by atoms with Gasteiger partial charge >= 0.3 is 0 Å². The number of benzene rings is 2. The molecule has 4 aromatic rings. The van der Waals surface area contributed by atoms with E-state index in [0.717, 1.165) is 6.26 Å². The summed E-state index contributed by atoms with van der Waals surface area (Å²) in [6.07, 6.45) is 2.46. The van der Waals surface area contributed by atoms with Crippen LogP contribution >= 0.6 is 0 Å². The van der Waals surface area contributed by atoms with Crippen LogP contribution in [-0.2, 0) is 15.6 Å². The van der Waals surface area contributed by atoms with Crippen molar-refractivity contribution in [3.8, 4) is 11.1 Å². The van der Waals surface area contributed by atoms with Crippen LogP contribution < -0.4 is 9.80 Å². The molecule has 0 saturated carbocycles. The van der Waals surface area contributed by atoms with Crippen LogP contribution in [0.15, 0.2) is 41.2 Å². The summed E-state index contributed by atoms with van der Waals surface area (Å²) in [5.74, 6) is 0.260. The number of nitrogens with zero attached hydrogens (tertiary/aromatic N) is 6. The van der Waals surface area contributed by atoms with Crippen LogP contribution in [0.25, 0.3) is 22.0 Å². The van der Waals surface area contributed by atoms with Crippen molar-refractivity contribution in [2.45, 2.75) is 25.5 Å². The zero-order chi connectivity index (χ0) is 26.3. The van der Waals surface area contributed by atoms with E-state index >= 15 is 0 Å². The average Bonchev–Trinajstić information content (AvgIpc) is 3.35. The topological polar surface area (TPSA) is 105 Å². The number of aromatic nitrogens is 4. The standard InChI is InChI=1S/C25H26F2N6O3S/c1-15(2)24-30-25(31-36-24)33-8-6-32(7-9-33)23-20-12-18(26)11-19(22(20)28-14-29-23)16-4-5-17(21(27)10-16)13-37(3,34)35/h4-5,10-12,14-15H,6-9,13H2,1-3H3. The maximum absolute atomic E-state index is 14.8. The van der Waals surface area contributed by atoms with Crippen LogP contribution in [-0.4, -0.2) is 61.0 Å². The SMILES string of the molecule is CC(C)c1nc(N2CCN(c3ncnc4c(-c5ccc(CS(C)(=O)=O)c(F)c5)cc(F)cc34)CC2)no1. The van der Waals surface area contributed by atoms with Crippen LogP contribution in [0.5, 0.6) is 0 Å². The van der Waals surface area contributed by atoms with Crippen LogP contribution in [0, 0.1) is 11.6 Å². The fraction of sp³-hybridized carbons (Fsp3) is 0.360. The molecule has 0 bridgehead atoms. The van der Waals surface area contributed by atoms with E-state index in [1.54, 1.807) is 6.07 Å². The Balaban J connectivity index is 1.44. The minimum atomic E-state index is -3.40. The lowest BCUT2D eigenvalue weighted by molar-refractivity contribution is 0.364. The third-order valence-electron chi connectivity index (χ3n) is 6.25. The summed E-state index contributed by atoms with van der Waals surface area (Å²) < 4.78 is 58.0. The second kappa shape index (κ2) is 9.66. The first kappa shape index (κ1) is 25.0. The van der Waals surface area contributed by atoms with Gasteiger partial charge in [-0.15, -0.1) is 0 Å². The Kier molecular flexibility index (Phi) is 6.52. The maximum atomic E-state index is 14.8. The van der Waals surface area contributed by atoms with Gasteiger partial charge in [0, 0.05) is 54.9 Å². The quantitative estimate of drug-likeness (QED) is 0.368. The number of hydrogen-bond acceptors (Lipinski definition) is 9. The zero-order valence-electron chi connectivity index (χ0n) is 20.6. The fourth-order valence-corrected chi connectivity index (χ4v) is 5.21. The number of fused-ring (bicyclic) bond motifs is 1. The summed E-state index contributed by atoms with van der Waals surface area (Å²) >= 11 is 0. The summed E-state index contributed by atoms with van der Waals surface area (Å²) in [6.45, 7) is 6.41. The second-order valence-electron chi connectivity index (χ2n) is 9.48. The van der Waals surface area contributed by atoms with E-state index in [0.29, 0.717) is 65.9 Å². The number of halogens is 2. The first-order chi connectivity index (χ1) is 17.6. The normalized spacial score (nSPS) is 14.6. The largest absolute Gasteiger partial charge is 0.352 e. The molecule has 0 N–H and O–H groups in total. The minimum absolute atomic E-state index is 0.0576. The van der Waals surface area contributed by atoms with Crippen LogP contribution in [0.2, 0.25) is 0 Å². The van der Waals surface area contributed by atoms with E-state index in [1.807, 2.05) is 23.6 Å². The van der Waals surface area contributed by atoms with E-state index < -0.39 is 27.2 Å². The third-order valence-corrected chi connectivity index (χ3v) is 7.09. The fourth-order valence-electron chi connectivity index (χ4n) is 4.41. The van der Waals surface area contributed by atoms with E-state index in [2.05, 4.69) is 20.1 Å². The number of sulfone groups is 1. The van der Waals surface area contributed by atoms with Crippen LogP contribution in [0.3, 0.4) is 0 Å². The molecule has 37 heavy (non-hydrogen) atoms. The minimum Gasteiger partial charge on any atom is -0.352 e. The predicted molar refractivity (Wildman–Crippen MR) is 136 cm³/mol. The molecule has 0 aliphatic carbocycles. The predicted octanol–water partition coefficient (Wildman–Crippen LogP) is 3.95. The van der Waals surface area contributed by atoms with Gasteiger partial charge in [0.1, 0.15) is 23.8 Å². The van der Waals surface area contributed by atoms with Crippen LogP contribution in [0.1, 0.15) is 31.2 Å². The van der Waals surface area contributed by atoms with Crippen molar-refractivity contribution in [2.24, 2.45) is 0 Å². The molecule has 12 heteroatoms. The Morgan fingerprint density at radius 2 is 1.76 bits per heavy atom. The summed E-state index contributed by atoms with van der Waals surface area (Å²) in [6, 6.07) is 6.88. The molecule has 0 amide bonds. The van der Waals surface area contributed by atoms with E-state index in [9.17, 15) is 17.2 Å². The number of piperazine rings is 1. The highest BCUT2D eigenvalue weighted by atomic mass is 32.2. The summed E-state index contributed by atoms with van der Waals surface area (Å²) in [7, 11) is -3.40. The molecular weight excluding hydrogens is 502 g/mol. The molecule has 5 rings (SSSR count). The van der Waals surface area contributed by atoms with Gasteiger partial charge in [-0.3, -0.25) is 0 Å².